The number of rotatable bonds is 15. The summed E-state index contributed by atoms with van der Waals surface area (Å²) in [6, 6.07) is 13.6. The van der Waals surface area contributed by atoms with E-state index in [9.17, 15) is 24.6 Å². The second kappa shape index (κ2) is 16.3. The number of benzene rings is 3. The van der Waals surface area contributed by atoms with Gasteiger partial charge in [-0.05, 0) is 130 Å². The summed E-state index contributed by atoms with van der Waals surface area (Å²) in [5.41, 5.74) is 6.38. The molecule has 1 aliphatic heterocycles. The molecular formula is C48H55ClFN5O7. The third-order valence-electron chi connectivity index (χ3n) is 15.0. The number of amides is 1. The molecule has 3 fully saturated rings. The van der Waals surface area contributed by atoms with Gasteiger partial charge in [0, 0.05) is 56.1 Å². The average Bonchev–Trinajstić information content (AvgIpc) is 4.02. The third-order valence-corrected chi connectivity index (χ3v) is 15.4. The lowest BCUT2D eigenvalue weighted by molar-refractivity contribution is -0.149. The summed E-state index contributed by atoms with van der Waals surface area (Å²) in [5, 5.41) is 25.7. The van der Waals surface area contributed by atoms with Gasteiger partial charge in [-0.15, -0.1) is 0 Å². The smallest absolute Gasteiger partial charge is 0.323 e. The Morgan fingerprint density at radius 2 is 1.76 bits per heavy atom. The van der Waals surface area contributed by atoms with Gasteiger partial charge in [0.2, 0.25) is 0 Å². The van der Waals surface area contributed by atoms with Crippen LogP contribution in [0.5, 0.6) is 11.5 Å². The van der Waals surface area contributed by atoms with E-state index >= 15 is 4.39 Å². The molecule has 328 valence electrons. The molecule has 4 N–H and O–H groups in total. The predicted molar refractivity (Wildman–Crippen MR) is 232 cm³/mol. The number of anilines is 1. The Bertz CT molecular complexity index is 2460. The number of carboxylic acid groups (broad SMARTS) is 2. The normalized spacial score (nSPS) is 23.4. The summed E-state index contributed by atoms with van der Waals surface area (Å²) in [6.07, 6.45) is 8.86. The van der Waals surface area contributed by atoms with Crippen LogP contribution in [0.4, 0.5) is 10.1 Å². The highest BCUT2D eigenvalue weighted by molar-refractivity contribution is 6.32. The quantitative estimate of drug-likeness (QED) is 0.0912. The van der Waals surface area contributed by atoms with Crippen molar-refractivity contribution >= 4 is 35.1 Å². The van der Waals surface area contributed by atoms with Gasteiger partial charge < -0.3 is 29.6 Å². The minimum absolute atomic E-state index is 0.0503. The van der Waals surface area contributed by atoms with Crippen LogP contribution < -0.4 is 20.1 Å². The van der Waals surface area contributed by atoms with Crippen LogP contribution >= 0.6 is 11.6 Å². The SMILES string of the molecule is CCOc1cc(OC2CCc3c(-c4cccc(NC(=O)c5nc6c(n5C)CCN(CCC57CCC(C(=O)O)(CC5)C7)C6)c4C)cccc32)c(Cl)c(F)c1CNC1(C(=O)O)CCC1. The Hall–Kier alpha value is -4.98. The Labute approximate surface area is 366 Å². The molecule has 3 aromatic carbocycles. The molecule has 4 aliphatic carbocycles. The number of imidazole rings is 1. The third kappa shape index (κ3) is 7.33. The number of aromatic nitrogens is 2. The van der Waals surface area contributed by atoms with E-state index in [4.69, 9.17) is 26.1 Å². The van der Waals surface area contributed by atoms with Crippen LogP contribution in [-0.2, 0) is 42.6 Å². The molecule has 12 nitrogen and oxygen atoms in total. The van der Waals surface area contributed by atoms with Crippen molar-refractivity contribution in [2.75, 3.05) is 25.0 Å². The Balaban J connectivity index is 0.885. The Kier molecular flexibility index (Phi) is 11.1. The number of carbonyl (C=O) groups excluding carboxylic acids is 1. The fourth-order valence-corrected chi connectivity index (χ4v) is 11.3. The van der Waals surface area contributed by atoms with Crippen LogP contribution in [0.25, 0.3) is 11.1 Å². The molecule has 0 saturated heterocycles. The number of carbonyl (C=O) groups is 3. The van der Waals surface area contributed by atoms with E-state index < -0.39 is 34.8 Å². The summed E-state index contributed by atoms with van der Waals surface area (Å²) in [4.78, 5) is 45.1. The van der Waals surface area contributed by atoms with Crippen molar-refractivity contribution in [3.8, 4) is 22.6 Å². The standard InChI is InChI=1S/C48H55ClFN5O7/c1-4-61-38-24-39(40(49)41(50)33(38)25-51-48(45(59)60)15-7-16-48)62-37-13-12-31-30(9-5-10-32(31)37)29-8-6-11-34(28(29)2)53-43(56)42-52-35-26-55(22-14-36(35)54(42)3)23-21-46-17-19-47(27-46,20-18-46)44(57)58/h5-6,8-11,24,37,51H,4,7,12-23,25-27H2,1-3H3,(H,53,56)(H,57,58)(H,59,60). The highest BCUT2D eigenvalue weighted by atomic mass is 35.5. The topological polar surface area (TPSA) is 155 Å². The zero-order valence-electron chi connectivity index (χ0n) is 35.7. The lowest BCUT2D eigenvalue weighted by atomic mass is 9.76. The van der Waals surface area contributed by atoms with Gasteiger partial charge in [-0.25, -0.2) is 9.37 Å². The summed E-state index contributed by atoms with van der Waals surface area (Å²) in [7, 11) is 1.91. The number of halogens is 2. The molecule has 9 rings (SSSR count). The van der Waals surface area contributed by atoms with E-state index in [1.54, 1.807) is 13.0 Å². The van der Waals surface area contributed by atoms with Crippen LogP contribution in [0.15, 0.2) is 42.5 Å². The first-order valence-electron chi connectivity index (χ1n) is 22.1. The van der Waals surface area contributed by atoms with Crippen molar-refractivity contribution in [1.82, 2.24) is 19.8 Å². The Morgan fingerprint density at radius 3 is 2.45 bits per heavy atom. The summed E-state index contributed by atoms with van der Waals surface area (Å²) >= 11 is 6.63. The first-order valence-corrected chi connectivity index (χ1v) is 22.5. The molecule has 1 amide bonds. The van der Waals surface area contributed by atoms with E-state index in [1.807, 2.05) is 48.9 Å². The molecule has 14 heteroatoms. The number of hydrogen-bond acceptors (Lipinski definition) is 8. The second-order valence-corrected chi connectivity index (χ2v) is 18.8. The van der Waals surface area contributed by atoms with Crippen LogP contribution in [0.3, 0.4) is 0 Å². The van der Waals surface area contributed by atoms with Gasteiger partial charge in [-0.2, -0.15) is 0 Å². The van der Waals surface area contributed by atoms with Crippen LogP contribution in [-0.4, -0.2) is 67.7 Å². The molecule has 0 spiro atoms. The van der Waals surface area contributed by atoms with Gasteiger partial charge >= 0.3 is 11.9 Å². The first kappa shape index (κ1) is 42.3. The fraction of sp³-hybridized carbons (Fsp3) is 0.500. The second-order valence-electron chi connectivity index (χ2n) is 18.4. The average molecular weight is 868 g/mol. The molecule has 5 aliphatic rings. The maximum absolute atomic E-state index is 16.0. The Morgan fingerprint density at radius 1 is 1.00 bits per heavy atom. The molecule has 1 aromatic heterocycles. The fourth-order valence-electron chi connectivity index (χ4n) is 11.1. The van der Waals surface area contributed by atoms with Crippen molar-refractivity contribution in [1.29, 1.82) is 0 Å². The van der Waals surface area contributed by atoms with E-state index in [-0.39, 0.29) is 46.6 Å². The molecule has 62 heavy (non-hydrogen) atoms. The minimum Gasteiger partial charge on any atom is -0.493 e. The van der Waals surface area contributed by atoms with Gasteiger partial charge in [0.15, 0.2) is 11.6 Å². The first-order chi connectivity index (χ1) is 29.8. The minimum atomic E-state index is -1.08. The molecular weight excluding hydrogens is 813 g/mol. The summed E-state index contributed by atoms with van der Waals surface area (Å²) < 4.78 is 30.2. The highest BCUT2D eigenvalue weighted by Crippen LogP contribution is 2.63. The largest absolute Gasteiger partial charge is 0.493 e. The van der Waals surface area contributed by atoms with E-state index in [1.165, 1.54) is 0 Å². The number of aliphatic carboxylic acids is 2. The van der Waals surface area contributed by atoms with Crippen LogP contribution in [0, 0.1) is 23.6 Å². The number of fused-ring (bicyclic) bond motifs is 4. The lowest BCUT2D eigenvalue weighted by Crippen LogP contribution is -2.56. The lowest BCUT2D eigenvalue weighted by Gasteiger charge is -2.38. The molecule has 0 radical (unpaired) electrons. The summed E-state index contributed by atoms with van der Waals surface area (Å²) in [5.74, 6) is -1.77. The summed E-state index contributed by atoms with van der Waals surface area (Å²) in [6.45, 7) is 6.47. The van der Waals surface area contributed by atoms with Gasteiger partial charge in [0.25, 0.3) is 5.91 Å². The maximum atomic E-state index is 16.0. The molecule has 1 atom stereocenters. The molecule has 3 saturated carbocycles. The van der Waals surface area contributed by atoms with Crippen molar-refractivity contribution < 1.29 is 38.5 Å². The van der Waals surface area contributed by atoms with Crippen LogP contribution in [0.1, 0.15) is 121 Å². The molecule has 2 heterocycles. The van der Waals surface area contributed by atoms with Crippen molar-refractivity contribution in [3.05, 3.63) is 92.8 Å². The number of nitrogens with zero attached hydrogens (tertiary/aromatic N) is 3. The van der Waals surface area contributed by atoms with Crippen molar-refractivity contribution in [2.45, 2.75) is 116 Å². The van der Waals surface area contributed by atoms with E-state index in [0.29, 0.717) is 43.7 Å². The molecule has 4 aromatic rings. The number of ether oxygens (including phenoxy) is 2. The van der Waals surface area contributed by atoms with E-state index in [2.05, 4.69) is 21.6 Å². The van der Waals surface area contributed by atoms with Gasteiger partial charge in [-0.3, -0.25) is 24.6 Å². The highest BCUT2D eigenvalue weighted by Gasteiger charge is 2.58. The molecule has 1 unspecified atom stereocenters. The number of hydrogen-bond donors (Lipinski definition) is 4. The van der Waals surface area contributed by atoms with E-state index in [0.717, 1.165) is 104 Å². The van der Waals surface area contributed by atoms with Crippen molar-refractivity contribution in [3.63, 3.8) is 0 Å². The van der Waals surface area contributed by atoms with Gasteiger partial charge in [-0.1, -0.05) is 41.9 Å². The predicted octanol–water partition coefficient (Wildman–Crippen LogP) is 8.79. The number of nitrogens with one attached hydrogen (secondary N) is 2. The maximum Gasteiger partial charge on any atom is 0.323 e. The number of carboxylic acids is 2. The monoisotopic (exact) mass is 867 g/mol. The van der Waals surface area contributed by atoms with Gasteiger partial charge in [0.05, 0.1) is 17.7 Å². The van der Waals surface area contributed by atoms with Crippen LogP contribution in [0.2, 0.25) is 5.02 Å². The zero-order valence-corrected chi connectivity index (χ0v) is 36.4. The zero-order chi connectivity index (χ0) is 43.6. The molecule has 2 bridgehead atoms. The van der Waals surface area contributed by atoms with Gasteiger partial charge in [0.1, 0.15) is 28.2 Å². The van der Waals surface area contributed by atoms with Crippen molar-refractivity contribution in [2.24, 2.45) is 17.9 Å².